The van der Waals surface area contributed by atoms with Crippen LogP contribution in [0.1, 0.15) is 46.1 Å². The van der Waals surface area contributed by atoms with Crippen molar-refractivity contribution in [3.63, 3.8) is 0 Å². The molecule has 220 valence electrons. The first-order chi connectivity index (χ1) is 20.3. The number of hydrogen-bond acceptors (Lipinski definition) is 10. The van der Waals surface area contributed by atoms with Crippen LogP contribution in [0.4, 0.5) is 5.69 Å². The second-order valence-corrected chi connectivity index (χ2v) is 10.7. The van der Waals surface area contributed by atoms with E-state index in [2.05, 4.69) is 9.80 Å². The van der Waals surface area contributed by atoms with Gasteiger partial charge in [0.15, 0.2) is 23.0 Å². The van der Waals surface area contributed by atoms with Gasteiger partial charge >= 0.3 is 0 Å². The molecule has 3 aliphatic rings. The molecule has 0 saturated carbocycles. The van der Waals surface area contributed by atoms with E-state index in [1.54, 1.807) is 40.6 Å². The summed E-state index contributed by atoms with van der Waals surface area (Å²) in [6.45, 7) is 1.08. The van der Waals surface area contributed by atoms with Gasteiger partial charge in [0.25, 0.3) is 11.7 Å². The molecular formula is C30H32N4O8. The number of rotatable bonds is 7. The fraction of sp³-hybridized carbons (Fsp3) is 0.400. The molecule has 0 spiro atoms. The highest BCUT2D eigenvalue weighted by Gasteiger charge is 2.58. The number of benzene rings is 3. The number of non-ortho nitro benzene ring substituents is 1. The Bertz CT molecular complexity index is 1560. The van der Waals surface area contributed by atoms with Crippen molar-refractivity contribution in [3.05, 3.63) is 96.6 Å². The highest BCUT2D eigenvalue weighted by molar-refractivity contribution is 5.53. The molecule has 42 heavy (non-hydrogen) atoms. The summed E-state index contributed by atoms with van der Waals surface area (Å²) >= 11 is 0. The van der Waals surface area contributed by atoms with Crippen molar-refractivity contribution in [2.45, 2.75) is 37.1 Å². The van der Waals surface area contributed by atoms with E-state index in [9.17, 15) is 20.2 Å². The second kappa shape index (κ2) is 10.8. The van der Waals surface area contributed by atoms with E-state index in [-0.39, 0.29) is 16.8 Å². The molecule has 3 aromatic carbocycles. The van der Waals surface area contributed by atoms with Crippen LogP contribution in [0.2, 0.25) is 0 Å². The van der Waals surface area contributed by atoms with Gasteiger partial charge in [-0.05, 0) is 64.9 Å². The standard InChI is InChI=1S/C30H32N4O8/c1-39-23-13-17-8-11-32-28(21(17)15-25(23)41-3)29(34(37)38)27(19-6-5-7-20(12-19)33(35)36)31-10-9-18-14-24(40-2)26(42-4)16-22(18)30(31)32/h5-7,12-16,27-30H,8-11H2,1-4H3/t27-,28+,29-,30-/m1/s1. The van der Waals surface area contributed by atoms with Crippen LogP contribution in [0.3, 0.4) is 0 Å². The first-order valence-electron chi connectivity index (χ1n) is 13.7. The minimum absolute atomic E-state index is 0.104. The molecular weight excluding hydrogens is 544 g/mol. The fourth-order valence-electron chi connectivity index (χ4n) is 7.07. The lowest BCUT2D eigenvalue weighted by molar-refractivity contribution is -0.550. The van der Waals surface area contributed by atoms with Crippen molar-refractivity contribution >= 4 is 5.69 Å². The van der Waals surface area contributed by atoms with E-state index in [0.29, 0.717) is 54.5 Å². The Balaban J connectivity index is 1.61. The van der Waals surface area contributed by atoms with Gasteiger partial charge in [0, 0.05) is 30.1 Å². The third-order valence-corrected chi connectivity index (χ3v) is 8.82. The van der Waals surface area contributed by atoms with Crippen LogP contribution >= 0.6 is 0 Å². The normalized spacial score (nSPS) is 23.0. The van der Waals surface area contributed by atoms with Crippen molar-refractivity contribution in [1.82, 2.24) is 9.80 Å². The lowest BCUT2D eigenvalue weighted by Crippen LogP contribution is -2.62. The van der Waals surface area contributed by atoms with Crippen molar-refractivity contribution < 1.29 is 28.8 Å². The summed E-state index contributed by atoms with van der Waals surface area (Å²) in [4.78, 5) is 28.5. The molecule has 12 nitrogen and oxygen atoms in total. The van der Waals surface area contributed by atoms with Crippen LogP contribution in [-0.4, -0.2) is 67.2 Å². The van der Waals surface area contributed by atoms with Crippen LogP contribution in [0.5, 0.6) is 23.0 Å². The first-order valence-corrected chi connectivity index (χ1v) is 13.7. The largest absolute Gasteiger partial charge is 0.493 e. The summed E-state index contributed by atoms with van der Waals surface area (Å²) in [6.07, 6.45) is 0.938. The van der Waals surface area contributed by atoms with Crippen molar-refractivity contribution in [2.24, 2.45) is 0 Å². The summed E-state index contributed by atoms with van der Waals surface area (Å²) in [5.41, 5.74) is 4.23. The van der Waals surface area contributed by atoms with Crippen LogP contribution in [-0.2, 0) is 12.8 Å². The van der Waals surface area contributed by atoms with Gasteiger partial charge in [-0.15, -0.1) is 0 Å². The zero-order chi connectivity index (χ0) is 29.7. The molecule has 1 saturated heterocycles. The van der Waals surface area contributed by atoms with Gasteiger partial charge in [-0.3, -0.25) is 30.0 Å². The third-order valence-electron chi connectivity index (χ3n) is 8.82. The maximum absolute atomic E-state index is 13.1. The average molecular weight is 577 g/mol. The molecule has 0 aromatic heterocycles. The Hall–Kier alpha value is -4.42. The Morgan fingerprint density at radius 1 is 0.714 bits per heavy atom. The summed E-state index contributed by atoms with van der Waals surface area (Å²) in [5.74, 6) is 2.25. The SMILES string of the molecule is COc1cc2c(cc1OC)[C@@H]1N(CC2)[C@H](c2cccc([N+](=O)[O-])c2)[C@@H]([N+](=O)[O-])[C@@H]2c3cc(OC)c(OC)cc3CCN12. The molecule has 0 N–H and O–H groups in total. The number of ether oxygens (including phenoxy) is 4. The van der Waals surface area contributed by atoms with Crippen LogP contribution in [0, 0.1) is 20.2 Å². The summed E-state index contributed by atoms with van der Waals surface area (Å²) in [7, 11) is 6.29. The number of hydrogen-bond donors (Lipinski definition) is 0. The molecule has 0 unspecified atom stereocenters. The van der Waals surface area contributed by atoms with E-state index in [1.807, 2.05) is 24.3 Å². The predicted molar refractivity (Wildman–Crippen MR) is 152 cm³/mol. The van der Waals surface area contributed by atoms with E-state index < -0.39 is 23.0 Å². The molecule has 0 aliphatic carbocycles. The number of methoxy groups -OCH3 is 4. The number of nitro groups is 2. The summed E-state index contributed by atoms with van der Waals surface area (Å²) < 4.78 is 22.4. The van der Waals surface area contributed by atoms with E-state index in [4.69, 9.17) is 18.9 Å². The first kappa shape index (κ1) is 27.7. The zero-order valence-corrected chi connectivity index (χ0v) is 23.8. The molecule has 0 bridgehead atoms. The maximum atomic E-state index is 13.1. The zero-order valence-electron chi connectivity index (χ0n) is 23.8. The van der Waals surface area contributed by atoms with Crippen molar-refractivity contribution in [3.8, 4) is 23.0 Å². The van der Waals surface area contributed by atoms with Gasteiger partial charge < -0.3 is 18.9 Å². The van der Waals surface area contributed by atoms with Gasteiger partial charge in [-0.25, -0.2) is 0 Å². The topological polar surface area (TPSA) is 130 Å². The molecule has 3 aromatic rings. The second-order valence-electron chi connectivity index (χ2n) is 10.7. The quantitative estimate of drug-likeness (QED) is 0.293. The van der Waals surface area contributed by atoms with Crippen LogP contribution in [0.25, 0.3) is 0 Å². The van der Waals surface area contributed by atoms with Crippen LogP contribution < -0.4 is 18.9 Å². The number of nitro benzene ring substituents is 1. The molecule has 6 rings (SSSR count). The number of nitrogens with zero attached hydrogens (tertiary/aromatic N) is 4. The highest BCUT2D eigenvalue weighted by Crippen LogP contribution is 2.55. The maximum Gasteiger partial charge on any atom is 0.269 e. The van der Waals surface area contributed by atoms with Gasteiger partial charge in [0.1, 0.15) is 12.1 Å². The molecule has 3 heterocycles. The molecule has 3 aliphatic heterocycles. The van der Waals surface area contributed by atoms with Crippen LogP contribution in [0.15, 0.2) is 48.5 Å². The molecule has 1 fully saturated rings. The van der Waals surface area contributed by atoms with Gasteiger partial charge in [0.2, 0.25) is 0 Å². The van der Waals surface area contributed by atoms with Crippen molar-refractivity contribution in [1.29, 1.82) is 0 Å². The Morgan fingerprint density at radius 2 is 1.24 bits per heavy atom. The van der Waals surface area contributed by atoms with Gasteiger partial charge in [0.05, 0.1) is 39.5 Å². The summed E-state index contributed by atoms with van der Waals surface area (Å²) in [5, 5.41) is 24.9. The molecule has 0 amide bonds. The Morgan fingerprint density at radius 3 is 1.79 bits per heavy atom. The lowest BCUT2D eigenvalue weighted by Gasteiger charge is -2.56. The average Bonchev–Trinajstić information content (AvgIpc) is 3.01. The minimum Gasteiger partial charge on any atom is -0.493 e. The predicted octanol–water partition coefficient (Wildman–Crippen LogP) is 4.49. The number of fused-ring (bicyclic) bond motifs is 7. The van der Waals surface area contributed by atoms with E-state index in [0.717, 1.165) is 22.3 Å². The van der Waals surface area contributed by atoms with Crippen molar-refractivity contribution in [2.75, 3.05) is 41.5 Å². The monoisotopic (exact) mass is 576 g/mol. The molecule has 12 heteroatoms. The van der Waals surface area contributed by atoms with Gasteiger partial charge in [-0.1, -0.05) is 12.1 Å². The highest BCUT2D eigenvalue weighted by atomic mass is 16.6. The summed E-state index contributed by atoms with van der Waals surface area (Å²) in [6, 6.07) is 11.4. The van der Waals surface area contributed by atoms with Gasteiger partial charge in [-0.2, -0.15) is 0 Å². The van der Waals surface area contributed by atoms with E-state index in [1.165, 1.54) is 12.1 Å². The Kier molecular flexibility index (Phi) is 7.11. The smallest absolute Gasteiger partial charge is 0.269 e. The third kappa shape index (κ3) is 4.29. The molecule has 0 radical (unpaired) electrons. The lowest BCUT2D eigenvalue weighted by atomic mass is 9.77. The molecule has 4 atom stereocenters. The minimum atomic E-state index is -1.12. The Labute approximate surface area is 242 Å². The fourth-order valence-corrected chi connectivity index (χ4v) is 7.07. The van der Waals surface area contributed by atoms with E-state index >= 15 is 0 Å².